The molecule has 3 N–H and O–H groups in total. The van der Waals surface area contributed by atoms with Crippen molar-refractivity contribution in [3.63, 3.8) is 0 Å². The monoisotopic (exact) mass is 518 g/mol. The first kappa shape index (κ1) is 23.3. The van der Waals surface area contributed by atoms with E-state index in [0.717, 1.165) is 37.7 Å². The summed E-state index contributed by atoms with van der Waals surface area (Å²) < 4.78 is 6.64. The number of aliphatic hydroxyl groups excluding tert-OH is 1. The number of nitrogens with zero attached hydrogens (tertiary/aromatic N) is 2. The number of nitrogens with one attached hydrogen (secondary N) is 2. The second-order valence-electron chi connectivity index (χ2n) is 7.42. The van der Waals surface area contributed by atoms with Crippen LogP contribution in [-0.2, 0) is 4.74 Å². The smallest absolute Gasteiger partial charge is 0.191 e. The lowest BCUT2D eigenvalue weighted by atomic mass is 10.0. The maximum Gasteiger partial charge on any atom is 0.191 e. The molecule has 0 radical (unpaired) electrons. The largest absolute Gasteiger partial charge is 0.386 e. The first-order valence-corrected chi connectivity index (χ1v) is 10.2. The third-order valence-electron chi connectivity index (χ3n) is 5.02. The molecule has 1 aromatic heterocycles. The Balaban J connectivity index is 0.00000280. The van der Waals surface area contributed by atoms with E-state index in [1.807, 2.05) is 12.1 Å². The molecule has 156 valence electrons. The summed E-state index contributed by atoms with van der Waals surface area (Å²) in [7, 11) is 1.75. The fourth-order valence-corrected chi connectivity index (χ4v) is 4.31. The zero-order valence-corrected chi connectivity index (χ0v) is 19.9. The van der Waals surface area contributed by atoms with Gasteiger partial charge in [0, 0.05) is 48.3 Å². The van der Waals surface area contributed by atoms with E-state index in [4.69, 9.17) is 4.74 Å². The summed E-state index contributed by atoms with van der Waals surface area (Å²) in [6.07, 6.45) is -0.562. The van der Waals surface area contributed by atoms with E-state index in [9.17, 15) is 5.11 Å². The van der Waals surface area contributed by atoms with Crippen molar-refractivity contribution in [1.29, 1.82) is 0 Å². The number of rotatable bonds is 6. The number of guanidine groups is 1. The molecule has 1 aliphatic heterocycles. The molecule has 6 nitrogen and oxygen atoms in total. The lowest BCUT2D eigenvalue weighted by molar-refractivity contribution is -0.00835. The van der Waals surface area contributed by atoms with Gasteiger partial charge in [0.2, 0.25) is 0 Å². The van der Waals surface area contributed by atoms with Crippen LogP contribution in [-0.4, -0.2) is 67.9 Å². The number of ether oxygens (including phenoxy) is 1. The molecule has 0 bridgehead atoms. The van der Waals surface area contributed by atoms with Gasteiger partial charge in [-0.2, -0.15) is 0 Å². The van der Waals surface area contributed by atoms with Gasteiger partial charge in [0.15, 0.2) is 5.96 Å². The number of halogens is 1. The number of hydrogen-bond acceptors (Lipinski definition) is 5. The summed E-state index contributed by atoms with van der Waals surface area (Å²) in [6, 6.07) is 10.3. The predicted octanol–water partition coefficient (Wildman–Crippen LogP) is 2.83. The molecule has 0 spiro atoms. The zero-order chi connectivity index (χ0) is 19.3. The van der Waals surface area contributed by atoms with Gasteiger partial charge in [0.1, 0.15) is 6.10 Å². The highest BCUT2D eigenvalue weighted by Gasteiger charge is 2.28. The highest BCUT2D eigenvalue weighted by molar-refractivity contribution is 14.0. The first-order chi connectivity index (χ1) is 13.0. The summed E-state index contributed by atoms with van der Waals surface area (Å²) in [4.78, 5) is 7.69. The molecule has 8 heteroatoms. The summed E-state index contributed by atoms with van der Waals surface area (Å²) in [5.74, 6) is 0.705. The predicted molar refractivity (Wildman–Crippen MR) is 128 cm³/mol. The van der Waals surface area contributed by atoms with Crippen molar-refractivity contribution in [2.45, 2.75) is 25.5 Å². The second-order valence-corrected chi connectivity index (χ2v) is 8.54. The molecule has 0 aliphatic carbocycles. The van der Waals surface area contributed by atoms with Crippen LogP contribution >= 0.6 is 35.3 Å². The minimum absolute atomic E-state index is 0. The fourth-order valence-electron chi connectivity index (χ4n) is 3.26. The Morgan fingerprint density at radius 1 is 1.29 bits per heavy atom. The van der Waals surface area contributed by atoms with Crippen molar-refractivity contribution in [2.75, 3.05) is 46.4 Å². The standard InChI is InChI=1S/C20H30N4O2S.HI/c1-20(2,24-8-10-26-11-9-24)14-23-19(21-3)22-13-16(25)18-12-15-6-4-5-7-17(15)27-18;/h4-7,12,16,25H,8-11,13-14H2,1-3H3,(H2,21,22,23);1H. The molecule has 28 heavy (non-hydrogen) atoms. The van der Waals surface area contributed by atoms with Crippen molar-refractivity contribution in [1.82, 2.24) is 15.5 Å². The van der Waals surface area contributed by atoms with Crippen LogP contribution in [0.2, 0.25) is 0 Å². The Bertz CT molecular complexity index is 741. The molecule has 2 aromatic rings. The highest BCUT2D eigenvalue weighted by atomic mass is 127. The molecule has 1 fully saturated rings. The van der Waals surface area contributed by atoms with Crippen molar-refractivity contribution in [3.05, 3.63) is 35.2 Å². The summed E-state index contributed by atoms with van der Waals surface area (Å²) in [5, 5.41) is 18.3. The van der Waals surface area contributed by atoms with E-state index in [2.05, 4.69) is 52.6 Å². The minimum Gasteiger partial charge on any atom is -0.386 e. The van der Waals surface area contributed by atoms with Gasteiger partial charge < -0.3 is 20.5 Å². The lowest BCUT2D eigenvalue weighted by Gasteiger charge is -2.41. The molecule has 1 saturated heterocycles. The van der Waals surface area contributed by atoms with E-state index in [-0.39, 0.29) is 29.5 Å². The number of morpholine rings is 1. The molecule has 2 heterocycles. The summed E-state index contributed by atoms with van der Waals surface area (Å²) in [5.41, 5.74) is 0.00545. The molecule has 1 aromatic carbocycles. The molecule has 1 atom stereocenters. The third-order valence-corrected chi connectivity index (χ3v) is 6.23. The van der Waals surface area contributed by atoms with E-state index >= 15 is 0 Å². The van der Waals surface area contributed by atoms with E-state index in [1.54, 1.807) is 18.4 Å². The summed E-state index contributed by atoms with van der Waals surface area (Å²) >= 11 is 1.63. The maximum absolute atomic E-state index is 10.5. The van der Waals surface area contributed by atoms with Gasteiger partial charge in [0.25, 0.3) is 0 Å². The lowest BCUT2D eigenvalue weighted by Crippen LogP contribution is -2.56. The van der Waals surface area contributed by atoms with Gasteiger partial charge >= 0.3 is 0 Å². The van der Waals surface area contributed by atoms with Crippen LogP contribution in [0.1, 0.15) is 24.8 Å². The van der Waals surface area contributed by atoms with Crippen LogP contribution in [0, 0.1) is 0 Å². The molecule has 3 rings (SSSR count). The number of hydrogen-bond donors (Lipinski definition) is 3. The van der Waals surface area contributed by atoms with Crippen LogP contribution < -0.4 is 10.6 Å². The van der Waals surface area contributed by atoms with Gasteiger partial charge in [-0.25, -0.2) is 0 Å². The van der Waals surface area contributed by atoms with Crippen LogP contribution in [0.4, 0.5) is 0 Å². The second kappa shape index (κ2) is 10.7. The quantitative estimate of drug-likeness (QED) is 0.312. The molecule has 0 saturated carbocycles. The number of thiophene rings is 1. The number of aliphatic hydroxyl groups is 1. The van der Waals surface area contributed by atoms with Crippen molar-refractivity contribution in [3.8, 4) is 0 Å². The van der Waals surface area contributed by atoms with Gasteiger partial charge in [-0.05, 0) is 31.4 Å². The van der Waals surface area contributed by atoms with Crippen molar-refractivity contribution in [2.24, 2.45) is 4.99 Å². The molecule has 0 amide bonds. The Hall–Kier alpha value is -0.940. The first-order valence-electron chi connectivity index (χ1n) is 9.43. The zero-order valence-electron chi connectivity index (χ0n) is 16.8. The van der Waals surface area contributed by atoms with Gasteiger partial charge in [0.05, 0.1) is 13.2 Å². The Kier molecular flexibility index (Phi) is 8.94. The molecular formula is C20H31IN4O2S. The minimum atomic E-state index is -0.562. The molecule has 1 unspecified atom stereocenters. The maximum atomic E-state index is 10.5. The number of aliphatic imine (C=N–C) groups is 1. The van der Waals surface area contributed by atoms with Crippen LogP contribution in [0.25, 0.3) is 10.1 Å². The molecular weight excluding hydrogens is 487 g/mol. The van der Waals surface area contributed by atoms with Crippen molar-refractivity contribution >= 4 is 51.4 Å². The summed E-state index contributed by atoms with van der Waals surface area (Å²) in [6.45, 7) is 9.12. The Labute approximate surface area is 188 Å². The average Bonchev–Trinajstić information content (AvgIpc) is 3.13. The normalized spacial score (nSPS) is 17.2. The van der Waals surface area contributed by atoms with Crippen LogP contribution in [0.3, 0.4) is 0 Å². The third kappa shape index (κ3) is 6.03. The Morgan fingerprint density at radius 3 is 2.68 bits per heavy atom. The van der Waals surface area contributed by atoms with E-state index in [1.165, 1.54) is 10.1 Å². The molecule has 1 aliphatic rings. The average molecular weight is 518 g/mol. The SMILES string of the molecule is CN=C(NCC(O)c1cc2ccccc2s1)NCC(C)(C)N1CCOCC1.I. The van der Waals surface area contributed by atoms with E-state index < -0.39 is 6.10 Å². The van der Waals surface area contributed by atoms with Gasteiger partial charge in [-0.1, -0.05) is 18.2 Å². The van der Waals surface area contributed by atoms with Crippen LogP contribution in [0.5, 0.6) is 0 Å². The Morgan fingerprint density at radius 2 is 2.00 bits per heavy atom. The van der Waals surface area contributed by atoms with Crippen LogP contribution in [0.15, 0.2) is 35.3 Å². The number of benzene rings is 1. The van der Waals surface area contributed by atoms with Gasteiger partial charge in [-0.3, -0.25) is 9.89 Å². The highest BCUT2D eigenvalue weighted by Crippen LogP contribution is 2.29. The van der Waals surface area contributed by atoms with E-state index in [0.29, 0.717) is 12.5 Å². The fraction of sp³-hybridized carbons (Fsp3) is 0.550. The topological polar surface area (TPSA) is 69.1 Å². The van der Waals surface area contributed by atoms with Crippen molar-refractivity contribution < 1.29 is 9.84 Å². The number of fused-ring (bicyclic) bond motifs is 1. The van der Waals surface area contributed by atoms with Gasteiger partial charge in [-0.15, -0.1) is 35.3 Å².